The van der Waals surface area contributed by atoms with E-state index in [1.165, 1.54) is 42.8 Å². The third-order valence-electron chi connectivity index (χ3n) is 4.31. The van der Waals surface area contributed by atoms with E-state index in [0.717, 1.165) is 10.8 Å². The molecule has 1 amide bonds. The average molecular weight is 479 g/mol. The third-order valence-corrected chi connectivity index (χ3v) is 5.57. The van der Waals surface area contributed by atoms with Gasteiger partial charge < -0.3 is 15.4 Å². The number of carbonyl (C=O) groups is 1. The molecule has 0 atom stereocenters. The van der Waals surface area contributed by atoms with Crippen LogP contribution in [0.5, 0.6) is 11.5 Å². The van der Waals surface area contributed by atoms with Crippen molar-refractivity contribution in [3.8, 4) is 11.5 Å². The van der Waals surface area contributed by atoms with Crippen LogP contribution in [0.3, 0.4) is 0 Å². The van der Waals surface area contributed by atoms with Crippen LogP contribution in [0.15, 0.2) is 54.7 Å². The molecule has 2 N–H and O–H groups in total. The first-order valence-electron chi connectivity index (χ1n) is 9.13. The first-order chi connectivity index (χ1) is 15.2. The fraction of sp³-hybridized carbons (Fsp3) is 0.0952. The van der Waals surface area contributed by atoms with Crippen LogP contribution in [0.1, 0.15) is 16.1 Å². The van der Waals surface area contributed by atoms with Crippen molar-refractivity contribution in [3.63, 3.8) is 0 Å². The summed E-state index contributed by atoms with van der Waals surface area (Å²) in [6, 6.07) is 11.9. The van der Waals surface area contributed by atoms with E-state index >= 15 is 0 Å². The van der Waals surface area contributed by atoms with Crippen LogP contribution >= 0.6 is 22.9 Å². The Labute approximate surface area is 189 Å². The highest BCUT2D eigenvalue weighted by molar-refractivity contribution is 7.22. The van der Waals surface area contributed by atoms with E-state index in [-0.39, 0.29) is 22.3 Å². The third kappa shape index (κ3) is 4.76. The number of thiazole rings is 1. The van der Waals surface area contributed by atoms with Crippen LogP contribution in [0.2, 0.25) is 5.02 Å². The minimum absolute atomic E-state index is 0.218. The molecule has 4 rings (SSSR count). The highest BCUT2D eigenvalue weighted by atomic mass is 35.5. The van der Waals surface area contributed by atoms with Crippen molar-refractivity contribution in [1.82, 2.24) is 15.3 Å². The second kappa shape index (κ2) is 8.64. The molecule has 0 saturated carbocycles. The number of alkyl halides is 3. The fourth-order valence-electron chi connectivity index (χ4n) is 2.83. The molecule has 0 aliphatic carbocycles. The van der Waals surface area contributed by atoms with Gasteiger partial charge in [-0.25, -0.2) is 4.98 Å². The quantitative estimate of drug-likeness (QED) is 0.354. The molecule has 0 unspecified atom stereocenters. The summed E-state index contributed by atoms with van der Waals surface area (Å²) in [7, 11) is 1.51. The predicted octanol–water partition coefficient (Wildman–Crippen LogP) is 6.26. The van der Waals surface area contributed by atoms with E-state index in [9.17, 15) is 18.0 Å². The summed E-state index contributed by atoms with van der Waals surface area (Å²) in [6.07, 6.45) is -3.09. The van der Waals surface area contributed by atoms with Crippen molar-refractivity contribution in [1.29, 1.82) is 0 Å². The van der Waals surface area contributed by atoms with Gasteiger partial charge in [0.25, 0.3) is 5.91 Å². The maximum absolute atomic E-state index is 13.1. The van der Waals surface area contributed by atoms with E-state index in [1.54, 1.807) is 24.3 Å². The molecule has 0 bridgehead atoms. The molecule has 0 saturated heterocycles. The molecule has 6 nitrogen and oxygen atoms in total. The molecule has 4 aromatic rings. The molecule has 0 aliphatic heterocycles. The van der Waals surface area contributed by atoms with Gasteiger partial charge in [0.2, 0.25) is 0 Å². The molecule has 0 fully saturated rings. The lowest BCUT2D eigenvalue weighted by atomic mass is 10.2. The first-order valence-corrected chi connectivity index (χ1v) is 10.3. The van der Waals surface area contributed by atoms with Gasteiger partial charge in [-0.3, -0.25) is 9.78 Å². The van der Waals surface area contributed by atoms with Gasteiger partial charge in [0.05, 0.1) is 20.8 Å². The number of anilines is 2. The topological polar surface area (TPSA) is 76.1 Å². The lowest BCUT2D eigenvalue weighted by Crippen LogP contribution is -2.18. The standard InChI is InChI=1S/C21H14ClF3N4O2S/c1-26-19(30)17-9-13(6-7-27-17)31-12-3-5-16-18(10-12)32-20(29-16)28-11-2-4-15(22)14(8-11)21(23,24)25/h2-10H,1H3,(H,26,30)(H,28,29). The van der Waals surface area contributed by atoms with Crippen LogP contribution in [-0.4, -0.2) is 22.9 Å². The molecule has 0 radical (unpaired) electrons. The predicted molar refractivity (Wildman–Crippen MR) is 117 cm³/mol. The Kier molecular flexibility index (Phi) is 5.90. The zero-order chi connectivity index (χ0) is 22.9. The number of carbonyl (C=O) groups excluding carboxylic acids is 1. The molecule has 32 heavy (non-hydrogen) atoms. The van der Waals surface area contributed by atoms with Gasteiger partial charge in [-0.15, -0.1) is 0 Å². The van der Waals surface area contributed by atoms with Crippen molar-refractivity contribution in [3.05, 3.63) is 71.0 Å². The van der Waals surface area contributed by atoms with Crippen molar-refractivity contribution in [2.45, 2.75) is 6.18 Å². The number of amides is 1. The van der Waals surface area contributed by atoms with Crippen molar-refractivity contribution >= 4 is 49.9 Å². The maximum Gasteiger partial charge on any atom is 0.417 e. The number of aromatic nitrogens is 2. The molecule has 2 aromatic carbocycles. The van der Waals surface area contributed by atoms with E-state index in [4.69, 9.17) is 16.3 Å². The highest BCUT2D eigenvalue weighted by Gasteiger charge is 2.33. The van der Waals surface area contributed by atoms with Crippen LogP contribution in [-0.2, 0) is 6.18 Å². The van der Waals surface area contributed by atoms with Crippen molar-refractivity contribution in [2.75, 3.05) is 12.4 Å². The number of nitrogens with one attached hydrogen (secondary N) is 2. The van der Waals surface area contributed by atoms with Gasteiger partial charge in [-0.2, -0.15) is 13.2 Å². The first kappa shape index (κ1) is 21.8. The SMILES string of the molecule is CNC(=O)c1cc(Oc2ccc3nc(Nc4ccc(Cl)c(C(F)(F)F)c4)sc3c2)ccn1. The number of rotatable bonds is 5. The minimum Gasteiger partial charge on any atom is -0.457 e. The zero-order valence-electron chi connectivity index (χ0n) is 16.3. The van der Waals surface area contributed by atoms with Gasteiger partial charge >= 0.3 is 6.18 Å². The summed E-state index contributed by atoms with van der Waals surface area (Å²) in [4.78, 5) is 20.1. The summed E-state index contributed by atoms with van der Waals surface area (Å²) in [5.74, 6) is 0.606. The van der Waals surface area contributed by atoms with E-state index in [2.05, 4.69) is 20.6 Å². The lowest BCUT2D eigenvalue weighted by molar-refractivity contribution is -0.137. The molecule has 2 aromatic heterocycles. The van der Waals surface area contributed by atoms with Gasteiger partial charge in [0.1, 0.15) is 17.2 Å². The van der Waals surface area contributed by atoms with E-state index in [0.29, 0.717) is 22.1 Å². The average Bonchev–Trinajstić information content (AvgIpc) is 3.15. The van der Waals surface area contributed by atoms with Crippen LogP contribution < -0.4 is 15.4 Å². The molecular formula is C21H14ClF3N4O2S. The molecule has 164 valence electrons. The molecular weight excluding hydrogens is 465 g/mol. The summed E-state index contributed by atoms with van der Waals surface area (Å²) < 4.78 is 45.8. The Morgan fingerprint density at radius 2 is 1.88 bits per heavy atom. The number of hydrogen-bond acceptors (Lipinski definition) is 6. The van der Waals surface area contributed by atoms with Crippen molar-refractivity contribution < 1.29 is 22.7 Å². The van der Waals surface area contributed by atoms with Crippen LogP contribution in [0, 0.1) is 0 Å². The Hall–Kier alpha value is -3.37. The summed E-state index contributed by atoms with van der Waals surface area (Å²) in [5.41, 5.74) is 0.164. The Balaban J connectivity index is 1.56. The Morgan fingerprint density at radius 3 is 2.62 bits per heavy atom. The summed E-state index contributed by atoms with van der Waals surface area (Å²) in [6.45, 7) is 0. The second-order valence-electron chi connectivity index (χ2n) is 6.52. The van der Waals surface area contributed by atoms with E-state index in [1.807, 2.05) is 0 Å². The number of fused-ring (bicyclic) bond motifs is 1. The normalized spacial score (nSPS) is 11.4. The number of benzene rings is 2. The van der Waals surface area contributed by atoms with E-state index < -0.39 is 11.7 Å². The van der Waals surface area contributed by atoms with Gasteiger partial charge in [0, 0.05) is 31.1 Å². The number of nitrogens with zero attached hydrogens (tertiary/aromatic N) is 2. The molecule has 0 aliphatic rings. The highest BCUT2D eigenvalue weighted by Crippen LogP contribution is 2.38. The molecule has 2 heterocycles. The molecule has 0 spiro atoms. The van der Waals surface area contributed by atoms with Crippen LogP contribution in [0.25, 0.3) is 10.2 Å². The minimum atomic E-state index is -4.56. The fourth-order valence-corrected chi connectivity index (χ4v) is 3.97. The lowest BCUT2D eigenvalue weighted by Gasteiger charge is -2.11. The van der Waals surface area contributed by atoms with Crippen LogP contribution in [0.4, 0.5) is 24.0 Å². The smallest absolute Gasteiger partial charge is 0.417 e. The number of hydrogen-bond donors (Lipinski definition) is 2. The second-order valence-corrected chi connectivity index (χ2v) is 7.96. The largest absolute Gasteiger partial charge is 0.457 e. The zero-order valence-corrected chi connectivity index (χ0v) is 17.9. The monoisotopic (exact) mass is 478 g/mol. The Morgan fingerprint density at radius 1 is 1.09 bits per heavy atom. The number of ether oxygens (including phenoxy) is 1. The van der Waals surface area contributed by atoms with Gasteiger partial charge in [-0.1, -0.05) is 22.9 Å². The summed E-state index contributed by atoms with van der Waals surface area (Å²) >= 11 is 6.92. The van der Waals surface area contributed by atoms with Gasteiger partial charge in [0.15, 0.2) is 5.13 Å². The molecule has 11 heteroatoms. The van der Waals surface area contributed by atoms with Gasteiger partial charge in [-0.05, 0) is 36.4 Å². The van der Waals surface area contributed by atoms with Crippen molar-refractivity contribution in [2.24, 2.45) is 0 Å². The Bertz CT molecular complexity index is 1310. The number of halogens is 4. The number of pyridine rings is 1. The maximum atomic E-state index is 13.1. The summed E-state index contributed by atoms with van der Waals surface area (Å²) in [5, 5.41) is 5.42.